The maximum absolute atomic E-state index is 2.52. The molecule has 0 atom stereocenters. The number of rotatable bonds is 5. The quantitative estimate of drug-likeness (QED) is 0.735. The van der Waals surface area contributed by atoms with Crippen molar-refractivity contribution < 1.29 is 0 Å². The molecule has 0 saturated carbocycles. The van der Waals surface area contributed by atoms with Gasteiger partial charge in [-0.05, 0) is 32.5 Å². The molecule has 0 N–H and O–H groups in total. The summed E-state index contributed by atoms with van der Waals surface area (Å²) in [5, 5.41) is 0. The van der Waals surface area contributed by atoms with Gasteiger partial charge < -0.3 is 4.90 Å². The zero-order chi connectivity index (χ0) is 12.8. The van der Waals surface area contributed by atoms with E-state index in [4.69, 9.17) is 0 Å². The van der Waals surface area contributed by atoms with Crippen LogP contribution in [0.25, 0.3) is 0 Å². The zero-order valence-electron chi connectivity index (χ0n) is 11.6. The third-order valence-corrected chi connectivity index (χ3v) is 3.52. The molecule has 1 aliphatic heterocycles. The van der Waals surface area contributed by atoms with E-state index in [1.807, 2.05) is 0 Å². The molecule has 0 bridgehead atoms. The van der Waals surface area contributed by atoms with Gasteiger partial charge >= 0.3 is 0 Å². The Balaban J connectivity index is 1.79. The van der Waals surface area contributed by atoms with Gasteiger partial charge in [0, 0.05) is 26.2 Å². The first kappa shape index (κ1) is 13.3. The van der Waals surface area contributed by atoms with Gasteiger partial charge in [0.2, 0.25) is 0 Å². The minimum Gasteiger partial charge on any atom is -0.309 e. The molecule has 0 spiro atoms. The van der Waals surface area contributed by atoms with Crippen LogP contribution in [0.4, 0.5) is 0 Å². The first-order valence-electron chi connectivity index (χ1n) is 6.83. The maximum atomic E-state index is 2.52. The molecule has 0 radical (unpaired) electrons. The van der Waals surface area contributed by atoms with Gasteiger partial charge in [0.1, 0.15) is 0 Å². The lowest BCUT2D eigenvalue weighted by molar-refractivity contribution is 0.282. The summed E-state index contributed by atoms with van der Waals surface area (Å²) in [6.45, 7) is 4.56. The first-order chi connectivity index (χ1) is 8.74. The lowest BCUT2D eigenvalue weighted by Crippen LogP contribution is -2.28. The fourth-order valence-electron chi connectivity index (χ4n) is 2.33. The van der Waals surface area contributed by atoms with Crippen molar-refractivity contribution in [1.82, 2.24) is 9.80 Å². The SMILES string of the molecule is CN(C)CCC1=CCN(Cc2ccccc2)CC1. The van der Waals surface area contributed by atoms with Gasteiger partial charge in [-0.15, -0.1) is 0 Å². The second-order valence-electron chi connectivity index (χ2n) is 5.39. The van der Waals surface area contributed by atoms with Crippen LogP contribution in [0.3, 0.4) is 0 Å². The number of hydrogen-bond acceptors (Lipinski definition) is 2. The van der Waals surface area contributed by atoms with Gasteiger partial charge in [0.25, 0.3) is 0 Å². The van der Waals surface area contributed by atoms with Crippen LogP contribution < -0.4 is 0 Å². The molecule has 2 rings (SSSR count). The smallest absolute Gasteiger partial charge is 0.0237 e. The average Bonchev–Trinajstić information content (AvgIpc) is 2.39. The summed E-state index contributed by atoms with van der Waals surface area (Å²) >= 11 is 0. The molecule has 18 heavy (non-hydrogen) atoms. The number of benzene rings is 1. The minimum atomic E-state index is 1.08. The molecule has 0 saturated heterocycles. The van der Waals surface area contributed by atoms with E-state index in [0.717, 1.165) is 13.1 Å². The van der Waals surface area contributed by atoms with Crippen LogP contribution in [0.1, 0.15) is 18.4 Å². The van der Waals surface area contributed by atoms with Crippen molar-refractivity contribution in [2.75, 3.05) is 33.7 Å². The number of nitrogens with zero attached hydrogens (tertiary/aromatic N) is 2. The van der Waals surface area contributed by atoms with Crippen molar-refractivity contribution in [2.45, 2.75) is 19.4 Å². The molecule has 0 amide bonds. The largest absolute Gasteiger partial charge is 0.309 e. The van der Waals surface area contributed by atoms with Gasteiger partial charge in [-0.25, -0.2) is 0 Å². The van der Waals surface area contributed by atoms with Crippen molar-refractivity contribution in [3.63, 3.8) is 0 Å². The van der Waals surface area contributed by atoms with E-state index in [1.165, 1.54) is 31.5 Å². The van der Waals surface area contributed by atoms with E-state index in [-0.39, 0.29) is 0 Å². The van der Waals surface area contributed by atoms with E-state index in [2.05, 4.69) is 60.3 Å². The van der Waals surface area contributed by atoms with Gasteiger partial charge in [0.15, 0.2) is 0 Å². The molecule has 1 heterocycles. The van der Waals surface area contributed by atoms with Crippen LogP contribution in [0.5, 0.6) is 0 Å². The fraction of sp³-hybridized carbons (Fsp3) is 0.500. The van der Waals surface area contributed by atoms with Crippen molar-refractivity contribution >= 4 is 0 Å². The lowest BCUT2D eigenvalue weighted by atomic mass is 10.0. The third-order valence-electron chi connectivity index (χ3n) is 3.52. The van der Waals surface area contributed by atoms with Gasteiger partial charge in [-0.3, -0.25) is 4.90 Å². The molecule has 98 valence electrons. The molecule has 1 aromatic carbocycles. The minimum absolute atomic E-state index is 1.08. The highest BCUT2D eigenvalue weighted by atomic mass is 15.1. The van der Waals surface area contributed by atoms with Crippen molar-refractivity contribution in [3.8, 4) is 0 Å². The van der Waals surface area contributed by atoms with E-state index >= 15 is 0 Å². The van der Waals surface area contributed by atoms with Crippen LogP contribution in [0, 0.1) is 0 Å². The van der Waals surface area contributed by atoms with E-state index in [1.54, 1.807) is 5.57 Å². The Morgan fingerprint density at radius 3 is 2.56 bits per heavy atom. The molecule has 2 nitrogen and oxygen atoms in total. The Morgan fingerprint density at radius 1 is 1.17 bits per heavy atom. The fourth-order valence-corrected chi connectivity index (χ4v) is 2.33. The predicted molar refractivity (Wildman–Crippen MR) is 77.6 cm³/mol. The maximum Gasteiger partial charge on any atom is 0.0237 e. The summed E-state index contributed by atoms with van der Waals surface area (Å²) in [5.41, 5.74) is 3.05. The molecule has 0 aliphatic carbocycles. The van der Waals surface area contributed by atoms with E-state index < -0.39 is 0 Å². The monoisotopic (exact) mass is 244 g/mol. The van der Waals surface area contributed by atoms with Crippen molar-refractivity contribution in [3.05, 3.63) is 47.5 Å². The van der Waals surface area contributed by atoms with Crippen molar-refractivity contribution in [1.29, 1.82) is 0 Å². The normalized spacial score (nSPS) is 16.9. The third kappa shape index (κ3) is 4.28. The predicted octanol–water partition coefficient (Wildman–Crippen LogP) is 2.77. The summed E-state index contributed by atoms with van der Waals surface area (Å²) in [6.07, 6.45) is 4.89. The molecular weight excluding hydrogens is 220 g/mol. The second kappa shape index (κ2) is 6.72. The van der Waals surface area contributed by atoms with Gasteiger partial charge in [-0.2, -0.15) is 0 Å². The molecule has 0 unspecified atom stereocenters. The first-order valence-corrected chi connectivity index (χ1v) is 6.83. The Morgan fingerprint density at radius 2 is 1.94 bits per heavy atom. The standard InChI is InChI=1S/C16H24N2/c1-17(2)11-8-15-9-12-18(13-10-15)14-16-6-4-3-5-7-16/h3-7,9H,8,10-14H2,1-2H3. The van der Waals surface area contributed by atoms with Crippen LogP contribution in [-0.2, 0) is 6.54 Å². The van der Waals surface area contributed by atoms with E-state index in [9.17, 15) is 0 Å². The summed E-state index contributed by atoms with van der Waals surface area (Å²) in [6, 6.07) is 10.8. The van der Waals surface area contributed by atoms with Crippen LogP contribution in [0.2, 0.25) is 0 Å². The van der Waals surface area contributed by atoms with Crippen LogP contribution in [0.15, 0.2) is 42.0 Å². The molecule has 2 heteroatoms. The summed E-state index contributed by atoms with van der Waals surface area (Å²) < 4.78 is 0. The van der Waals surface area contributed by atoms with Crippen LogP contribution in [-0.4, -0.2) is 43.5 Å². The van der Waals surface area contributed by atoms with Gasteiger partial charge in [0.05, 0.1) is 0 Å². The van der Waals surface area contributed by atoms with E-state index in [0.29, 0.717) is 0 Å². The summed E-state index contributed by atoms with van der Waals surface area (Å²) in [4.78, 5) is 4.78. The van der Waals surface area contributed by atoms with Gasteiger partial charge in [-0.1, -0.05) is 42.0 Å². The Kier molecular flexibility index (Phi) is 4.97. The lowest BCUT2D eigenvalue weighted by Gasteiger charge is -2.26. The Hall–Kier alpha value is -1.12. The van der Waals surface area contributed by atoms with Crippen LogP contribution >= 0.6 is 0 Å². The molecule has 1 aromatic rings. The topological polar surface area (TPSA) is 6.48 Å². The second-order valence-corrected chi connectivity index (χ2v) is 5.39. The molecular formula is C16H24N2. The highest BCUT2D eigenvalue weighted by molar-refractivity contribution is 5.15. The Labute approximate surface area is 111 Å². The van der Waals surface area contributed by atoms with Crippen molar-refractivity contribution in [2.24, 2.45) is 0 Å². The molecule has 1 aliphatic rings. The summed E-state index contributed by atoms with van der Waals surface area (Å²) in [7, 11) is 4.29. The Bertz CT molecular complexity index is 381. The highest BCUT2D eigenvalue weighted by Crippen LogP contribution is 2.16. The summed E-state index contributed by atoms with van der Waals surface area (Å²) in [5.74, 6) is 0. The molecule has 0 fully saturated rings. The molecule has 0 aromatic heterocycles. The zero-order valence-corrected chi connectivity index (χ0v) is 11.6. The average molecular weight is 244 g/mol. The number of hydrogen-bond donors (Lipinski definition) is 0. The highest BCUT2D eigenvalue weighted by Gasteiger charge is 2.11.